The van der Waals surface area contributed by atoms with E-state index < -0.39 is 0 Å². The van der Waals surface area contributed by atoms with Gasteiger partial charge in [0.15, 0.2) is 5.78 Å². The SMILES string of the molecule is CCCC(C)C(=O)C1CCC(CC2C(=O)CC(SC(C)CC)C2=O)CC1. The molecule has 0 heterocycles. The number of Topliss-reactive ketones (excluding diaryl/α,β-unsaturated/α-hetero) is 3. The van der Waals surface area contributed by atoms with Crippen LogP contribution >= 0.6 is 11.8 Å². The summed E-state index contributed by atoms with van der Waals surface area (Å²) < 4.78 is 0. The summed E-state index contributed by atoms with van der Waals surface area (Å²) in [7, 11) is 0. The Balaban J connectivity index is 1.82. The predicted octanol–water partition coefficient (Wildman–Crippen LogP) is 5.25. The normalized spacial score (nSPS) is 31.8. The first-order valence-electron chi connectivity index (χ1n) is 10.6. The fourth-order valence-electron chi connectivity index (χ4n) is 4.54. The molecule has 2 fully saturated rings. The molecule has 3 nitrogen and oxygen atoms in total. The Bertz CT molecular complexity index is 508. The minimum atomic E-state index is -0.368. The summed E-state index contributed by atoms with van der Waals surface area (Å²) in [6.07, 6.45) is 8.10. The molecule has 2 aliphatic rings. The van der Waals surface area contributed by atoms with Gasteiger partial charge in [-0.2, -0.15) is 0 Å². The quantitative estimate of drug-likeness (QED) is 0.513. The third-order valence-corrected chi connectivity index (χ3v) is 7.96. The van der Waals surface area contributed by atoms with Crippen LogP contribution in [-0.4, -0.2) is 27.8 Å². The van der Waals surface area contributed by atoms with E-state index in [1.807, 2.05) is 0 Å². The van der Waals surface area contributed by atoms with Crippen molar-refractivity contribution in [3.05, 3.63) is 0 Å². The Kier molecular flexibility index (Phi) is 8.38. The van der Waals surface area contributed by atoms with E-state index in [9.17, 15) is 14.4 Å². The smallest absolute Gasteiger partial charge is 0.156 e. The van der Waals surface area contributed by atoms with E-state index in [1.54, 1.807) is 11.8 Å². The molecule has 4 heteroatoms. The van der Waals surface area contributed by atoms with E-state index in [0.717, 1.165) is 51.4 Å². The molecule has 0 aromatic heterocycles. The minimum absolute atomic E-state index is 0.115. The number of rotatable bonds is 9. The van der Waals surface area contributed by atoms with Crippen molar-refractivity contribution in [2.24, 2.45) is 23.7 Å². The van der Waals surface area contributed by atoms with Crippen molar-refractivity contribution in [3.63, 3.8) is 0 Å². The maximum atomic E-state index is 12.7. The standard InChI is InChI=1S/C22H36O3S/c1-5-7-14(3)21(24)17-10-8-16(9-11-17)12-18-19(23)13-20(22(18)25)26-15(4)6-2/h14-18,20H,5-13H2,1-4H3. The van der Waals surface area contributed by atoms with Crippen molar-refractivity contribution in [2.75, 3.05) is 0 Å². The highest BCUT2D eigenvalue weighted by atomic mass is 32.2. The van der Waals surface area contributed by atoms with Gasteiger partial charge in [0, 0.05) is 23.5 Å². The maximum absolute atomic E-state index is 12.7. The second-order valence-corrected chi connectivity index (χ2v) is 10.2. The molecule has 2 aliphatic carbocycles. The number of thioether (sulfide) groups is 1. The van der Waals surface area contributed by atoms with Gasteiger partial charge in [0.05, 0.1) is 11.2 Å². The lowest BCUT2D eigenvalue weighted by Gasteiger charge is -2.30. The molecule has 2 saturated carbocycles. The van der Waals surface area contributed by atoms with Crippen LogP contribution in [0.1, 0.15) is 85.5 Å². The fourth-order valence-corrected chi connectivity index (χ4v) is 5.85. The molecule has 0 spiro atoms. The van der Waals surface area contributed by atoms with Crippen molar-refractivity contribution in [1.29, 1.82) is 0 Å². The summed E-state index contributed by atoms with van der Waals surface area (Å²) in [6, 6.07) is 0. The number of hydrogen-bond donors (Lipinski definition) is 0. The molecule has 0 radical (unpaired) electrons. The van der Waals surface area contributed by atoms with E-state index in [4.69, 9.17) is 0 Å². The van der Waals surface area contributed by atoms with Crippen LogP contribution < -0.4 is 0 Å². The fraction of sp³-hybridized carbons (Fsp3) is 0.864. The molecular formula is C22H36O3S. The Labute approximate surface area is 163 Å². The molecule has 0 amide bonds. The van der Waals surface area contributed by atoms with Crippen LogP contribution in [-0.2, 0) is 14.4 Å². The van der Waals surface area contributed by atoms with E-state index in [-0.39, 0.29) is 34.6 Å². The Hall–Kier alpha value is -0.640. The molecule has 0 aromatic rings. The van der Waals surface area contributed by atoms with Crippen molar-refractivity contribution < 1.29 is 14.4 Å². The van der Waals surface area contributed by atoms with Crippen LogP contribution in [0.5, 0.6) is 0 Å². The lowest BCUT2D eigenvalue weighted by Crippen LogP contribution is -2.29. The van der Waals surface area contributed by atoms with Gasteiger partial charge in [0.2, 0.25) is 0 Å². The van der Waals surface area contributed by atoms with Crippen LogP contribution in [0.3, 0.4) is 0 Å². The highest BCUT2D eigenvalue weighted by molar-refractivity contribution is 8.01. The van der Waals surface area contributed by atoms with Gasteiger partial charge in [-0.15, -0.1) is 11.8 Å². The number of ketones is 3. The number of carbonyl (C=O) groups excluding carboxylic acids is 3. The topological polar surface area (TPSA) is 51.2 Å². The molecule has 2 rings (SSSR count). The van der Waals surface area contributed by atoms with Crippen LogP contribution in [0.15, 0.2) is 0 Å². The van der Waals surface area contributed by atoms with Gasteiger partial charge >= 0.3 is 0 Å². The Morgan fingerprint density at radius 1 is 1.12 bits per heavy atom. The van der Waals surface area contributed by atoms with E-state index in [2.05, 4.69) is 27.7 Å². The van der Waals surface area contributed by atoms with Crippen LogP contribution in [0.25, 0.3) is 0 Å². The highest BCUT2D eigenvalue weighted by Gasteiger charge is 2.43. The zero-order valence-corrected chi connectivity index (χ0v) is 17.8. The van der Waals surface area contributed by atoms with Crippen LogP contribution in [0.2, 0.25) is 0 Å². The van der Waals surface area contributed by atoms with Gasteiger partial charge in [-0.1, -0.05) is 34.1 Å². The Morgan fingerprint density at radius 3 is 2.35 bits per heavy atom. The molecule has 0 aliphatic heterocycles. The zero-order chi connectivity index (χ0) is 19.3. The summed E-state index contributed by atoms with van der Waals surface area (Å²) in [6.45, 7) is 8.44. The molecule has 0 bridgehead atoms. The molecule has 4 unspecified atom stereocenters. The van der Waals surface area contributed by atoms with E-state index >= 15 is 0 Å². The average molecular weight is 381 g/mol. The first-order chi connectivity index (χ1) is 12.4. The summed E-state index contributed by atoms with van der Waals surface area (Å²) in [4.78, 5) is 37.6. The molecular weight excluding hydrogens is 344 g/mol. The molecule has 0 N–H and O–H groups in total. The summed E-state index contributed by atoms with van der Waals surface area (Å²) >= 11 is 1.68. The van der Waals surface area contributed by atoms with Crippen LogP contribution in [0.4, 0.5) is 0 Å². The van der Waals surface area contributed by atoms with Crippen molar-refractivity contribution in [1.82, 2.24) is 0 Å². The van der Waals surface area contributed by atoms with Gasteiger partial charge in [-0.25, -0.2) is 0 Å². The zero-order valence-electron chi connectivity index (χ0n) is 17.0. The third-order valence-electron chi connectivity index (χ3n) is 6.43. The maximum Gasteiger partial charge on any atom is 0.156 e. The van der Waals surface area contributed by atoms with Gasteiger partial charge in [0.1, 0.15) is 11.6 Å². The van der Waals surface area contributed by atoms with Gasteiger partial charge in [-0.3, -0.25) is 14.4 Å². The first-order valence-corrected chi connectivity index (χ1v) is 11.6. The molecule has 0 saturated heterocycles. The minimum Gasteiger partial charge on any atom is -0.299 e. The summed E-state index contributed by atoms with van der Waals surface area (Å²) in [5, 5.41) is 0.317. The second kappa shape index (κ2) is 10.1. The summed E-state index contributed by atoms with van der Waals surface area (Å²) in [5.74, 6) is 1.22. The average Bonchev–Trinajstić information content (AvgIpc) is 2.89. The largest absolute Gasteiger partial charge is 0.299 e. The molecule has 26 heavy (non-hydrogen) atoms. The first kappa shape index (κ1) is 21.7. The summed E-state index contributed by atoms with van der Waals surface area (Å²) in [5.41, 5.74) is 0. The highest BCUT2D eigenvalue weighted by Crippen LogP contribution is 2.39. The molecule has 0 aromatic carbocycles. The lowest BCUT2D eigenvalue weighted by molar-refractivity contribution is -0.130. The van der Waals surface area contributed by atoms with Crippen molar-refractivity contribution in [3.8, 4) is 0 Å². The molecule has 148 valence electrons. The van der Waals surface area contributed by atoms with Gasteiger partial charge < -0.3 is 0 Å². The van der Waals surface area contributed by atoms with Crippen molar-refractivity contribution >= 4 is 29.1 Å². The van der Waals surface area contributed by atoms with Gasteiger partial charge in [-0.05, 0) is 50.9 Å². The second-order valence-electron chi connectivity index (χ2n) is 8.51. The number of hydrogen-bond acceptors (Lipinski definition) is 4. The van der Waals surface area contributed by atoms with Crippen molar-refractivity contribution in [2.45, 2.75) is 96.0 Å². The van der Waals surface area contributed by atoms with E-state index in [1.165, 1.54) is 0 Å². The number of carbonyl (C=O) groups is 3. The predicted molar refractivity (Wildman–Crippen MR) is 108 cm³/mol. The lowest BCUT2D eigenvalue weighted by atomic mass is 9.74. The molecule has 4 atom stereocenters. The van der Waals surface area contributed by atoms with Crippen LogP contribution in [0, 0.1) is 23.7 Å². The van der Waals surface area contributed by atoms with E-state index in [0.29, 0.717) is 23.4 Å². The monoisotopic (exact) mass is 380 g/mol. The Morgan fingerprint density at radius 2 is 1.77 bits per heavy atom. The third kappa shape index (κ3) is 5.43. The van der Waals surface area contributed by atoms with Gasteiger partial charge in [0.25, 0.3) is 0 Å².